The van der Waals surface area contributed by atoms with Gasteiger partial charge in [-0.05, 0) is 38.3 Å². The lowest BCUT2D eigenvalue weighted by molar-refractivity contribution is 0.0938. The first-order valence-corrected chi connectivity index (χ1v) is 11.6. The molecule has 30 heavy (non-hydrogen) atoms. The van der Waals surface area contributed by atoms with Gasteiger partial charge in [0.15, 0.2) is 11.5 Å². The lowest BCUT2D eigenvalue weighted by atomic mass is 10.1. The number of rotatable bonds is 10. The third-order valence-corrected chi connectivity index (χ3v) is 6.04. The fraction of sp³-hybridized carbons (Fsp3) is 0.409. The van der Waals surface area contributed by atoms with Gasteiger partial charge in [0.05, 0.1) is 31.7 Å². The molecule has 2 rings (SSSR count). The fourth-order valence-electron chi connectivity index (χ4n) is 3.24. The second kappa shape index (κ2) is 10.3. The minimum atomic E-state index is -3.59. The Hall–Kier alpha value is -2.74. The van der Waals surface area contributed by atoms with Gasteiger partial charge in [-0.1, -0.05) is 30.3 Å². The minimum absolute atomic E-state index is 0.105. The van der Waals surface area contributed by atoms with Gasteiger partial charge in [0, 0.05) is 18.7 Å². The maximum atomic E-state index is 13.1. The number of nitrogens with zero attached hydrogens (tertiary/aromatic N) is 1. The van der Waals surface area contributed by atoms with Crippen LogP contribution < -0.4 is 19.1 Å². The molecular weight excluding hydrogens is 404 g/mol. The van der Waals surface area contributed by atoms with E-state index >= 15 is 0 Å². The van der Waals surface area contributed by atoms with Crippen molar-refractivity contribution >= 4 is 21.6 Å². The van der Waals surface area contributed by atoms with E-state index in [1.807, 2.05) is 37.3 Å². The second-order valence-corrected chi connectivity index (χ2v) is 8.96. The van der Waals surface area contributed by atoms with Gasteiger partial charge >= 0.3 is 0 Å². The zero-order valence-corrected chi connectivity index (χ0v) is 19.0. The molecule has 2 aromatic rings. The normalized spacial score (nSPS) is 12.2. The number of anilines is 1. The summed E-state index contributed by atoms with van der Waals surface area (Å²) in [4.78, 5) is 13.1. The van der Waals surface area contributed by atoms with E-state index in [2.05, 4.69) is 5.32 Å². The van der Waals surface area contributed by atoms with E-state index in [1.54, 1.807) is 6.92 Å². The molecule has 0 fully saturated rings. The predicted octanol–water partition coefficient (Wildman–Crippen LogP) is 3.24. The molecule has 8 heteroatoms. The van der Waals surface area contributed by atoms with Crippen LogP contribution >= 0.6 is 0 Å². The Bertz CT molecular complexity index is 961. The first kappa shape index (κ1) is 23.5. The van der Waals surface area contributed by atoms with Gasteiger partial charge in [0.2, 0.25) is 10.0 Å². The summed E-state index contributed by atoms with van der Waals surface area (Å²) in [6, 6.07) is 13.0. The molecule has 0 aliphatic carbocycles. The summed E-state index contributed by atoms with van der Waals surface area (Å²) in [5.74, 6) is 0.338. The van der Waals surface area contributed by atoms with Crippen LogP contribution in [0.5, 0.6) is 11.5 Å². The summed E-state index contributed by atoms with van der Waals surface area (Å²) in [5.41, 5.74) is 1.66. The number of ether oxygens (including phenoxy) is 2. The van der Waals surface area contributed by atoms with Gasteiger partial charge in [-0.25, -0.2) is 8.42 Å². The van der Waals surface area contributed by atoms with Crippen LogP contribution in [0.3, 0.4) is 0 Å². The number of sulfonamides is 1. The number of benzene rings is 2. The highest BCUT2D eigenvalue weighted by Crippen LogP contribution is 2.36. The average Bonchev–Trinajstić information content (AvgIpc) is 2.72. The van der Waals surface area contributed by atoms with Crippen molar-refractivity contribution in [2.45, 2.75) is 32.7 Å². The SMILES string of the molecule is CCN(c1cc(OC)c(OC)cc1C(=O)NC(C)CCc1ccccc1)S(C)(=O)=O. The Morgan fingerprint density at radius 1 is 1.10 bits per heavy atom. The molecule has 2 aromatic carbocycles. The van der Waals surface area contributed by atoms with Gasteiger partial charge < -0.3 is 14.8 Å². The van der Waals surface area contributed by atoms with Gasteiger partial charge in [-0.2, -0.15) is 0 Å². The summed E-state index contributed by atoms with van der Waals surface area (Å²) in [6.45, 7) is 3.81. The van der Waals surface area contributed by atoms with Crippen LogP contribution in [0.25, 0.3) is 0 Å². The molecule has 0 saturated heterocycles. The molecule has 1 amide bonds. The van der Waals surface area contributed by atoms with Crippen molar-refractivity contribution in [3.63, 3.8) is 0 Å². The Morgan fingerprint density at radius 3 is 2.23 bits per heavy atom. The molecule has 0 radical (unpaired) electrons. The second-order valence-electron chi connectivity index (χ2n) is 7.05. The number of amides is 1. The molecule has 164 valence electrons. The number of nitrogens with one attached hydrogen (secondary N) is 1. The van der Waals surface area contributed by atoms with Gasteiger partial charge in [0.25, 0.3) is 5.91 Å². The van der Waals surface area contributed by atoms with E-state index < -0.39 is 10.0 Å². The zero-order chi connectivity index (χ0) is 22.3. The summed E-state index contributed by atoms with van der Waals surface area (Å²) >= 11 is 0. The summed E-state index contributed by atoms with van der Waals surface area (Å²) in [6.07, 6.45) is 2.69. The zero-order valence-electron chi connectivity index (χ0n) is 18.1. The number of hydrogen-bond acceptors (Lipinski definition) is 5. The van der Waals surface area contributed by atoms with Crippen molar-refractivity contribution in [2.75, 3.05) is 31.3 Å². The molecule has 0 aromatic heterocycles. The molecule has 0 spiro atoms. The lowest BCUT2D eigenvalue weighted by Gasteiger charge is -2.25. The molecule has 0 heterocycles. The van der Waals surface area contributed by atoms with Crippen molar-refractivity contribution in [1.82, 2.24) is 5.32 Å². The number of hydrogen-bond donors (Lipinski definition) is 1. The van der Waals surface area contributed by atoms with E-state index in [9.17, 15) is 13.2 Å². The maximum absolute atomic E-state index is 13.1. The molecular formula is C22H30N2O5S. The van der Waals surface area contributed by atoms with E-state index in [1.165, 1.54) is 36.2 Å². The van der Waals surface area contributed by atoms with Gasteiger partial charge in [-0.3, -0.25) is 9.10 Å². The molecule has 7 nitrogen and oxygen atoms in total. The summed E-state index contributed by atoms with van der Waals surface area (Å²) in [7, 11) is -0.656. The van der Waals surface area contributed by atoms with Crippen LogP contribution in [0.2, 0.25) is 0 Å². The summed E-state index contributed by atoms with van der Waals surface area (Å²) < 4.78 is 36.4. The number of carbonyl (C=O) groups excluding carboxylic acids is 1. The van der Waals surface area contributed by atoms with E-state index in [-0.39, 0.29) is 29.7 Å². The molecule has 0 aliphatic heterocycles. The Balaban J connectivity index is 2.31. The standard InChI is InChI=1S/C22H30N2O5S/c1-6-24(30(5,26)27)19-15-21(29-4)20(28-3)14-18(19)22(25)23-16(2)12-13-17-10-8-7-9-11-17/h7-11,14-16H,6,12-13H2,1-5H3,(H,23,25). The molecule has 1 atom stereocenters. The average molecular weight is 435 g/mol. The predicted molar refractivity (Wildman–Crippen MR) is 119 cm³/mol. The van der Waals surface area contributed by atoms with Crippen molar-refractivity contribution in [3.05, 3.63) is 53.6 Å². The minimum Gasteiger partial charge on any atom is -0.493 e. The highest BCUT2D eigenvalue weighted by Gasteiger charge is 2.25. The van der Waals surface area contributed by atoms with Crippen LogP contribution in [0.4, 0.5) is 5.69 Å². The van der Waals surface area contributed by atoms with E-state index in [0.717, 1.165) is 19.1 Å². The quantitative estimate of drug-likeness (QED) is 0.621. The number of methoxy groups -OCH3 is 2. The first-order chi connectivity index (χ1) is 14.2. The van der Waals surface area contributed by atoms with Crippen LogP contribution in [0.1, 0.15) is 36.2 Å². The van der Waals surface area contributed by atoms with E-state index in [4.69, 9.17) is 9.47 Å². The summed E-state index contributed by atoms with van der Waals surface area (Å²) in [5, 5.41) is 2.97. The van der Waals surface area contributed by atoms with Gasteiger partial charge in [-0.15, -0.1) is 0 Å². The van der Waals surface area contributed by atoms with Crippen molar-refractivity contribution in [2.24, 2.45) is 0 Å². The van der Waals surface area contributed by atoms with E-state index in [0.29, 0.717) is 11.5 Å². The largest absolute Gasteiger partial charge is 0.493 e. The van der Waals surface area contributed by atoms with Crippen molar-refractivity contribution in [3.8, 4) is 11.5 Å². The molecule has 1 unspecified atom stereocenters. The fourth-order valence-corrected chi connectivity index (χ4v) is 4.22. The molecule has 1 N–H and O–H groups in total. The smallest absolute Gasteiger partial charge is 0.253 e. The van der Waals surface area contributed by atoms with Crippen molar-refractivity contribution < 1.29 is 22.7 Å². The maximum Gasteiger partial charge on any atom is 0.253 e. The number of carbonyl (C=O) groups is 1. The lowest BCUT2D eigenvalue weighted by Crippen LogP contribution is -2.36. The highest BCUT2D eigenvalue weighted by atomic mass is 32.2. The third kappa shape index (κ3) is 5.89. The first-order valence-electron chi connectivity index (χ1n) is 9.79. The molecule has 0 saturated carbocycles. The van der Waals surface area contributed by atoms with Crippen LogP contribution in [-0.4, -0.2) is 47.4 Å². The molecule has 0 aliphatic rings. The number of aryl methyl sites for hydroxylation is 1. The monoisotopic (exact) mass is 434 g/mol. The molecule has 0 bridgehead atoms. The highest BCUT2D eigenvalue weighted by molar-refractivity contribution is 7.92. The van der Waals surface area contributed by atoms with Crippen LogP contribution in [0, 0.1) is 0 Å². The van der Waals surface area contributed by atoms with Crippen molar-refractivity contribution in [1.29, 1.82) is 0 Å². The van der Waals surface area contributed by atoms with Gasteiger partial charge in [0.1, 0.15) is 0 Å². The van der Waals surface area contributed by atoms with Crippen LogP contribution in [-0.2, 0) is 16.4 Å². The Kier molecular flexibility index (Phi) is 8.11. The third-order valence-electron chi connectivity index (χ3n) is 4.79. The topological polar surface area (TPSA) is 84.9 Å². The van der Waals surface area contributed by atoms with Crippen LogP contribution in [0.15, 0.2) is 42.5 Å². The Labute approximate surface area is 179 Å². The Morgan fingerprint density at radius 2 is 1.70 bits per heavy atom.